The van der Waals surface area contributed by atoms with Crippen molar-refractivity contribution in [1.29, 1.82) is 0 Å². The Morgan fingerprint density at radius 1 is 1.26 bits per heavy atom. The van der Waals surface area contributed by atoms with Gasteiger partial charge in [-0.3, -0.25) is 4.79 Å². The van der Waals surface area contributed by atoms with Crippen molar-refractivity contribution in [3.8, 4) is 5.69 Å². The number of piperidine rings is 1. The smallest absolute Gasteiger partial charge is 0.356 e. The van der Waals surface area contributed by atoms with Gasteiger partial charge in [0, 0.05) is 25.2 Å². The molecule has 0 radical (unpaired) electrons. The number of carboxylic acids is 1. The van der Waals surface area contributed by atoms with Crippen molar-refractivity contribution in [2.75, 3.05) is 19.3 Å². The van der Waals surface area contributed by atoms with Crippen LogP contribution in [0.3, 0.4) is 0 Å². The van der Waals surface area contributed by atoms with E-state index in [1.54, 1.807) is 30.3 Å². The molecule has 1 atom stereocenters. The number of nitrogens with one attached hydrogen (secondary N) is 1. The zero-order valence-electron chi connectivity index (χ0n) is 14.7. The summed E-state index contributed by atoms with van der Waals surface area (Å²) in [5, 5.41) is 13.3. The van der Waals surface area contributed by atoms with Crippen LogP contribution in [0, 0.1) is 0 Å². The van der Waals surface area contributed by atoms with Gasteiger partial charge in [0.2, 0.25) is 10.0 Å². The van der Waals surface area contributed by atoms with E-state index in [2.05, 4.69) is 9.82 Å². The monoisotopic (exact) mass is 392 g/mol. The van der Waals surface area contributed by atoms with E-state index >= 15 is 0 Å². The molecule has 2 heterocycles. The van der Waals surface area contributed by atoms with Gasteiger partial charge in [0.1, 0.15) is 5.69 Å². The summed E-state index contributed by atoms with van der Waals surface area (Å²) in [7, 11) is -3.38. The van der Waals surface area contributed by atoms with E-state index in [0.717, 1.165) is 6.26 Å². The fraction of sp³-hybridized carbons (Fsp3) is 0.353. The van der Waals surface area contributed by atoms with Crippen molar-refractivity contribution < 1.29 is 23.1 Å². The van der Waals surface area contributed by atoms with Gasteiger partial charge in [-0.1, -0.05) is 18.2 Å². The normalized spacial score (nSPS) is 17.7. The molecule has 144 valence electrons. The number of hydrogen-bond acceptors (Lipinski definition) is 5. The molecule has 1 aromatic heterocycles. The number of carbonyl (C=O) groups is 2. The van der Waals surface area contributed by atoms with Crippen LogP contribution < -0.4 is 4.72 Å². The summed E-state index contributed by atoms with van der Waals surface area (Å²) < 4.78 is 26.8. The summed E-state index contributed by atoms with van der Waals surface area (Å²) in [4.78, 5) is 25.9. The molecule has 1 aliphatic heterocycles. The number of para-hydroxylation sites is 1. The maximum absolute atomic E-state index is 13.0. The maximum atomic E-state index is 13.0. The zero-order valence-corrected chi connectivity index (χ0v) is 15.5. The van der Waals surface area contributed by atoms with Crippen LogP contribution in [-0.2, 0) is 10.0 Å². The molecule has 3 rings (SSSR count). The number of benzene rings is 1. The van der Waals surface area contributed by atoms with E-state index < -0.39 is 16.0 Å². The Bertz CT molecular complexity index is 955. The van der Waals surface area contributed by atoms with Crippen LogP contribution in [0.1, 0.15) is 33.8 Å². The standard InChI is InChI=1S/C17H20N4O5S/c1-27(25,26)19-12-6-5-9-20(11-12)16(22)15-10-14(17(23)24)18-21(15)13-7-3-2-4-8-13/h2-4,7-8,10,12,19H,5-6,9,11H2,1H3,(H,23,24)/t12-/m0/s1. The first-order valence-corrected chi connectivity index (χ1v) is 10.3. The molecule has 0 spiro atoms. The van der Waals surface area contributed by atoms with Crippen molar-refractivity contribution in [1.82, 2.24) is 19.4 Å². The Labute approximate surface area is 156 Å². The lowest BCUT2D eigenvalue weighted by Crippen LogP contribution is -2.49. The van der Waals surface area contributed by atoms with Crippen molar-refractivity contribution >= 4 is 21.9 Å². The molecule has 10 heteroatoms. The Morgan fingerprint density at radius 3 is 2.59 bits per heavy atom. The van der Waals surface area contributed by atoms with Crippen molar-refractivity contribution in [2.24, 2.45) is 0 Å². The van der Waals surface area contributed by atoms with E-state index in [4.69, 9.17) is 0 Å². The summed E-state index contributed by atoms with van der Waals surface area (Å²) in [6, 6.07) is 9.64. The zero-order chi connectivity index (χ0) is 19.6. The minimum Gasteiger partial charge on any atom is -0.476 e. The lowest BCUT2D eigenvalue weighted by molar-refractivity contribution is 0.0685. The number of carboxylic acid groups (broad SMARTS) is 1. The molecule has 0 saturated carbocycles. The Morgan fingerprint density at radius 2 is 1.96 bits per heavy atom. The predicted molar refractivity (Wildman–Crippen MR) is 97.4 cm³/mol. The van der Waals surface area contributed by atoms with Gasteiger partial charge in [-0.05, 0) is 25.0 Å². The lowest BCUT2D eigenvalue weighted by atomic mass is 10.1. The van der Waals surface area contributed by atoms with E-state index in [0.29, 0.717) is 25.1 Å². The maximum Gasteiger partial charge on any atom is 0.356 e. The predicted octanol–water partition coefficient (Wildman–Crippen LogP) is 0.724. The quantitative estimate of drug-likeness (QED) is 0.773. The highest BCUT2D eigenvalue weighted by molar-refractivity contribution is 7.88. The highest BCUT2D eigenvalue weighted by Crippen LogP contribution is 2.18. The van der Waals surface area contributed by atoms with Crippen LogP contribution in [0.4, 0.5) is 0 Å². The van der Waals surface area contributed by atoms with Gasteiger partial charge in [0.15, 0.2) is 5.69 Å². The topological polar surface area (TPSA) is 122 Å². The van der Waals surface area contributed by atoms with Crippen molar-refractivity contribution in [3.05, 3.63) is 47.8 Å². The van der Waals surface area contributed by atoms with Gasteiger partial charge in [-0.2, -0.15) is 5.10 Å². The first-order valence-electron chi connectivity index (χ1n) is 8.40. The summed E-state index contributed by atoms with van der Waals surface area (Å²) in [5.41, 5.74) is 0.458. The molecule has 9 nitrogen and oxygen atoms in total. The number of amides is 1. The van der Waals surface area contributed by atoms with Crippen LogP contribution in [0.2, 0.25) is 0 Å². The van der Waals surface area contributed by atoms with Crippen LogP contribution in [0.5, 0.6) is 0 Å². The minimum atomic E-state index is -3.38. The molecule has 2 N–H and O–H groups in total. The fourth-order valence-corrected chi connectivity index (χ4v) is 3.92. The van der Waals surface area contributed by atoms with E-state index in [1.807, 2.05) is 0 Å². The average molecular weight is 392 g/mol. The number of likely N-dealkylation sites (tertiary alicyclic amines) is 1. The number of aromatic nitrogens is 2. The van der Waals surface area contributed by atoms with Crippen molar-refractivity contribution in [2.45, 2.75) is 18.9 Å². The minimum absolute atomic E-state index is 0.124. The van der Waals surface area contributed by atoms with E-state index in [9.17, 15) is 23.1 Å². The highest BCUT2D eigenvalue weighted by Gasteiger charge is 2.29. The van der Waals surface area contributed by atoms with E-state index in [-0.39, 0.29) is 29.9 Å². The molecular formula is C17H20N4O5S. The number of sulfonamides is 1. The number of hydrogen-bond donors (Lipinski definition) is 2. The second kappa shape index (κ2) is 7.49. The van der Waals surface area contributed by atoms with Gasteiger partial charge < -0.3 is 10.0 Å². The largest absolute Gasteiger partial charge is 0.476 e. The Hall–Kier alpha value is -2.72. The summed E-state index contributed by atoms with van der Waals surface area (Å²) >= 11 is 0. The molecule has 2 aromatic rings. The molecule has 1 fully saturated rings. The third-order valence-electron chi connectivity index (χ3n) is 4.24. The molecule has 1 amide bonds. The second-order valence-electron chi connectivity index (χ2n) is 6.45. The summed E-state index contributed by atoms with van der Waals surface area (Å²) in [6.07, 6.45) is 2.36. The van der Waals surface area contributed by atoms with Crippen LogP contribution >= 0.6 is 0 Å². The van der Waals surface area contributed by atoms with Crippen LogP contribution in [0.25, 0.3) is 5.69 Å². The number of rotatable bonds is 5. The van der Waals surface area contributed by atoms with Gasteiger partial charge in [-0.25, -0.2) is 22.6 Å². The van der Waals surface area contributed by atoms with Gasteiger partial charge in [0.25, 0.3) is 5.91 Å². The summed E-state index contributed by atoms with van der Waals surface area (Å²) in [6.45, 7) is 0.678. The lowest BCUT2D eigenvalue weighted by Gasteiger charge is -2.32. The average Bonchev–Trinajstić information content (AvgIpc) is 3.06. The van der Waals surface area contributed by atoms with Crippen molar-refractivity contribution in [3.63, 3.8) is 0 Å². The molecule has 0 aliphatic carbocycles. The van der Waals surface area contributed by atoms with Crippen LogP contribution in [-0.4, -0.2) is 65.5 Å². The number of aromatic carboxylic acids is 1. The van der Waals surface area contributed by atoms with Crippen LogP contribution in [0.15, 0.2) is 36.4 Å². The van der Waals surface area contributed by atoms with Gasteiger partial charge >= 0.3 is 5.97 Å². The molecule has 0 unspecified atom stereocenters. The molecular weight excluding hydrogens is 372 g/mol. The third kappa shape index (κ3) is 4.52. The molecule has 1 aromatic carbocycles. The van der Waals surface area contributed by atoms with Gasteiger partial charge in [-0.15, -0.1) is 0 Å². The number of carbonyl (C=O) groups excluding carboxylic acids is 1. The number of nitrogens with zero attached hydrogens (tertiary/aromatic N) is 3. The third-order valence-corrected chi connectivity index (χ3v) is 5.00. The second-order valence-corrected chi connectivity index (χ2v) is 8.23. The highest BCUT2D eigenvalue weighted by atomic mass is 32.2. The molecule has 1 saturated heterocycles. The Balaban J connectivity index is 1.91. The molecule has 27 heavy (non-hydrogen) atoms. The fourth-order valence-electron chi connectivity index (χ4n) is 3.13. The molecule has 0 bridgehead atoms. The van der Waals surface area contributed by atoms with Gasteiger partial charge in [0.05, 0.1) is 11.9 Å². The first-order chi connectivity index (χ1) is 12.7. The van der Waals surface area contributed by atoms with E-state index in [1.165, 1.54) is 15.6 Å². The summed E-state index contributed by atoms with van der Waals surface area (Å²) in [5.74, 6) is -1.62. The molecule has 1 aliphatic rings. The Kier molecular flexibility index (Phi) is 5.29. The first kappa shape index (κ1) is 19.1. The SMILES string of the molecule is CS(=O)(=O)N[C@H]1CCCN(C(=O)c2cc(C(=O)O)nn2-c2ccccc2)C1.